The van der Waals surface area contributed by atoms with Gasteiger partial charge in [0.15, 0.2) is 0 Å². The largest absolute Gasteiger partial charge is 0.364 e. The van der Waals surface area contributed by atoms with Gasteiger partial charge < -0.3 is 5.32 Å². The lowest BCUT2D eigenvalue weighted by Gasteiger charge is -2.07. The van der Waals surface area contributed by atoms with Gasteiger partial charge in [0.25, 0.3) is 0 Å². The molecule has 0 unspecified atom stereocenters. The first-order valence-corrected chi connectivity index (χ1v) is 6.08. The van der Waals surface area contributed by atoms with Crippen molar-refractivity contribution in [2.45, 2.75) is 13.5 Å². The Hall–Kier alpha value is -1.11. The van der Waals surface area contributed by atoms with E-state index in [-0.39, 0.29) is 0 Å². The minimum atomic E-state index is 0.740. The molecule has 0 spiro atoms. The predicted molar refractivity (Wildman–Crippen MR) is 72.2 cm³/mol. The molecule has 5 heteroatoms. The number of anilines is 1. The van der Waals surface area contributed by atoms with Crippen LogP contribution in [0.25, 0.3) is 0 Å². The summed E-state index contributed by atoms with van der Waals surface area (Å²) in [7, 11) is 1.93. The second-order valence-electron chi connectivity index (χ2n) is 3.56. The van der Waals surface area contributed by atoms with Crippen molar-refractivity contribution in [2.75, 3.05) is 5.32 Å². The molecule has 2 aromatic rings. The Morgan fingerprint density at radius 3 is 2.81 bits per heavy atom. The number of pyridine rings is 1. The molecule has 0 saturated carbocycles. The van der Waals surface area contributed by atoms with E-state index in [0.29, 0.717) is 0 Å². The number of hydrogen-bond acceptors (Lipinski definition) is 3. The molecule has 0 aliphatic heterocycles. The summed E-state index contributed by atoms with van der Waals surface area (Å²) in [6.07, 6.45) is 1.80. The van der Waals surface area contributed by atoms with Crippen molar-refractivity contribution in [1.82, 2.24) is 14.8 Å². The van der Waals surface area contributed by atoms with Gasteiger partial charge in [-0.05, 0) is 47.7 Å². The smallest absolute Gasteiger partial charge is 0.126 e. The summed E-state index contributed by atoms with van der Waals surface area (Å²) >= 11 is 2.28. The Labute approximate surface area is 108 Å². The van der Waals surface area contributed by atoms with E-state index in [4.69, 9.17) is 0 Å². The van der Waals surface area contributed by atoms with Crippen LogP contribution in [0.15, 0.2) is 24.4 Å². The van der Waals surface area contributed by atoms with Crippen molar-refractivity contribution in [2.24, 2.45) is 7.05 Å². The number of hydrogen-bond donors (Lipinski definition) is 1. The summed E-state index contributed by atoms with van der Waals surface area (Å²) in [5.41, 5.74) is 2.19. The van der Waals surface area contributed by atoms with Crippen LogP contribution in [0.1, 0.15) is 11.4 Å². The average molecular weight is 328 g/mol. The monoisotopic (exact) mass is 328 g/mol. The minimum absolute atomic E-state index is 0.740. The van der Waals surface area contributed by atoms with Gasteiger partial charge in [-0.3, -0.25) is 4.68 Å². The lowest BCUT2D eigenvalue weighted by Crippen LogP contribution is -2.07. The topological polar surface area (TPSA) is 42.7 Å². The van der Waals surface area contributed by atoms with E-state index < -0.39 is 0 Å². The third-order valence-electron chi connectivity index (χ3n) is 2.39. The van der Waals surface area contributed by atoms with Gasteiger partial charge in [-0.2, -0.15) is 5.10 Å². The molecule has 2 rings (SSSR count). The molecule has 2 aromatic heterocycles. The lowest BCUT2D eigenvalue weighted by atomic mass is 10.3. The van der Waals surface area contributed by atoms with Gasteiger partial charge >= 0.3 is 0 Å². The highest BCUT2D eigenvalue weighted by Gasteiger charge is 2.01. The normalized spacial score (nSPS) is 10.4. The Kier molecular flexibility index (Phi) is 3.42. The van der Waals surface area contributed by atoms with Crippen molar-refractivity contribution in [1.29, 1.82) is 0 Å². The van der Waals surface area contributed by atoms with Crippen LogP contribution in [0.5, 0.6) is 0 Å². The second kappa shape index (κ2) is 4.82. The molecular formula is C11H13IN4. The van der Waals surface area contributed by atoms with Crippen LogP contribution in [-0.4, -0.2) is 14.8 Å². The van der Waals surface area contributed by atoms with Gasteiger partial charge in [0, 0.05) is 16.8 Å². The van der Waals surface area contributed by atoms with Crippen LogP contribution < -0.4 is 5.32 Å². The average Bonchev–Trinajstić information content (AvgIpc) is 2.66. The molecule has 0 aliphatic rings. The molecule has 0 amide bonds. The molecule has 0 fully saturated rings. The number of aromatic nitrogens is 3. The predicted octanol–water partition coefficient (Wildman–Crippen LogP) is 2.34. The van der Waals surface area contributed by atoms with E-state index in [2.05, 4.69) is 44.1 Å². The Balaban J connectivity index is 2.05. The fraction of sp³-hybridized carbons (Fsp3) is 0.273. The van der Waals surface area contributed by atoms with Crippen LogP contribution in [0, 0.1) is 10.5 Å². The van der Waals surface area contributed by atoms with Gasteiger partial charge in [-0.15, -0.1) is 0 Å². The van der Waals surface area contributed by atoms with Gasteiger partial charge in [0.1, 0.15) is 5.82 Å². The highest BCUT2D eigenvalue weighted by atomic mass is 127. The van der Waals surface area contributed by atoms with Gasteiger partial charge in [-0.25, -0.2) is 4.98 Å². The van der Waals surface area contributed by atoms with Crippen LogP contribution in [0.2, 0.25) is 0 Å². The molecule has 0 saturated heterocycles. The van der Waals surface area contributed by atoms with E-state index in [1.165, 1.54) is 3.57 Å². The second-order valence-corrected chi connectivity index (χ2v) is 4.73. The zero-order valence-corrected chi connectivity index (χ0v) is 11.4. The number of aryl methyl sites for hydroxylation is 2. The zero-order chi connectivity index (χ0) is 11.5. The van der Waals surface area contributed by atoms with Crippen molar-refractivity contribution in [3.8, 4) is 0 Å². The SMILES string of the molecule is Cc1nc(NCc2ccnn2C)ccc1I. The molecule has 0 aliphatic carbocycles. The van der Waals surface area contributed by atoms with E-state index in [9.17, 15) is 0 Å². The number of nitrogens with zero attached hydrogens (tertiary/aromatic N) is 3. The number of halogens is 1. The third kappa shape index (κ3) is 2.52. The fourth-order valence-corrected chi connectivity index (χ4v) is 1.70. The molecule has 84 valence electrons. The van der Waals surface area contributed by atoms with E-state index >= 15 is 0 Å². The maximum atomic E-state index is 4.45. The van der Waals surface area contributed by atoms with Gasteiger partial charge in [0.05, 0.1) is 17.9 Å². The minimum Gasteiger partial charge on any atom is -0.364 e. The fourth-order valence-electron chi connectivity index (χ4n) is 1.40. The first-order chi connectivity index (χ1) is 7.66. The summed E-state index contributed by atoms with van der Waals surface area (Å²) in [6, 6.07) is 6.05. The third-order valence-corrected chi connectivity index (χ3v) is 3.53. The molecule has 1 N–H and O–H groups in total. The van der Waals surface area contributed by atoms with Crippen molar-refractivity contribution in [3.63, 3.8) is 0 Å². The van der Waals surface area contributed by atoms with Crippen molar-refractivity contribution in [3.05, 3.63) is 39.4 Å². The molecule has 16 heavy (non-hydrogen) atoms. The van der Waals surface area contributed by atoms with Crippen LogP contribution in [-0.2, 0) is 13.6 Å². The molecular weight excluding hydrogens is 315 g/mol. The van der Waals surface area contributed by atoms with Gasteiger partial charge in [0.2, 0.25) is 0 Å². The summed E-state index contributed by atoms with van der Waals surface area (Å²) in [6.45, 7) is 2.75. The first-order valence-electron chi connectivity index (χ1n) is 5.01. The Morgan fingerprint density at radius 2 is 2.19 bits per heavy atom. The molecule has 4 nitrogen and oxygen atoms in total. The molecule has 0 bridgehead atoms. The van der Waals surface area contributed by atoms with E-state index in [1.54, 1.807) is 6.20 Å². The molecule has 0 atom stereocenters. The number of rotatable bonds is 3. The Bertz CT molecular complexity index is 492. The van der Waals surface area contributed by atoms with Crippen LogP contribution in [0.4, 0.5) is 5.82 Å². The molecule has 2 heterocycles. The van der Waals surface area contributed by atoms with Gasteiger partial charge in [-0.1, -0.05) is 0 Å². The van der Waals surface area contributed by atoms with E-state index in [0.717, 1.165) is 23.8 Å². The summed E-state index contributed by atoms with van der Waals surface area (Å²) in [5, 5.41) is 7.40. The highest BCUT2D eigenvalue weighted by Crippen LogP contribution is 2.13. The standard InChI is InChI=1S/C11H13IN4/c1-8-10(12)3-4-11(15-8)13-7-9-5-6-14-16(9)2/h3-6H,7H2,1-2H3,(H,13,15). The first kappa shape index (κ1) is 11.4. The highest BCUT2D eigenvalue weighted by molar-refractivity contribution is 14.1. The number of nitrogens with one attached hydrogen (secondary N) is 1. The van der Waals surface area contributed by atoms with Crippen molar-refractivity contribution < 1.29 is 0 Å². The summed E-state index contributed by atoms with van der Waals surface area (Å²) in [5.74, 6) is 0.902. The molecule has 0 aromatic carbocycles. The maximum absolute atomic E-state index is 4.45. The quantitative estimate of drug-likeness (QED) is 0.880. The molecule has 0 radical (unpaired) electrons. The van der Waals surface area contributed by atoms with E-state index in [1.807, 2.05) is 30.8 Å². The summed E-state index contributed by atoms with van der Waals surface area (Å²) < 4.78 is 3.04. The Morgan fingerprint density at radius 1 is 1.38 bits per heavy atom. The van der Waals surface area contributed by atoms with Crippen LogP contribution in [0.3, 0.4) is 0 Å². The zero-order valence-electron chi connectivity index (χ0n) is 9.24. The maximum Gasteiger partial charge on any atom is 0.126 e. The lowest BCUT2D eigenvalue weighted by molar-refractivity contribution is 0.720. The van der Waals surface area contributed by atoms with Crippen molar-refractivity contribution >= 4 is 28.4 Å². The summed E-state index contributed by atoms with van der Waals surface area (Å²) in [4.78, 5) is 4.45. The van der Waals surface area contributed by atoms with Crippen LogP contribution >= 0.6 is 22.6 Å².